The Morgan fingerprint density at radius 3 is 2.36 bits per heavy atom. The predicted octanol–water partition coefficient (Wildman–Crippen LogP) is 2.53. The lowest BCUT2D eigenvalue weighted by Crippen LogP contribution is -3.00. The number of imidazole rings is 1. The first-order chi connectivity index (χ1) is 13.1. The van der Waals surface area contributed by atoms with Crippen LogP contribution in [-0.4, -0.2) is 11.2 Å². The maximum Gasteiger partial charge on any atom is 0.387 e. The van der Waals surface area contributed by atoms with E-state index in [2.05, 4.69) is 48.1 Å². The highest BCUT2D eigenvalue weighted by Gasteiger charge is 2.27. The van der Waals surface area contributed by atoms with Crippen LogP contribution >= 0.6 is 15.9 Å². The minimum absolute atomic E-state index is 0. The van der Waals surface area contributed by atoms with E-state index in [1.54, 1.807) is 12.1 Å². The van der Waals surface area contributed by atoms with Crippen LogP contribution in [-0.2, 0) is 13.0 Å². The van der Waals surface area contributed by atoms with Crippen LogP contribution in [0.5, 0.6) is 5.75 Å². The summed E-state index contributed by atoms with van der Waals surface area (Å²) < 4.78 is 35.0. The van der Waals surface area contributed by atoms with Gasteiger partial charge in [-0.1, -0.05) is 15.9 Å². The standard InChI is InChI=1S/C21H20BrF2N2O.BrH/c22-16-7-9-17(10-8-16)26-19(14-25-13-3-1-2-4-20(25)26)15-5-11-18(12-6-15)27-21(23)24;/h5-12,14,21H,1-4,13H2;1H/q+1;/p-1. The van der Waals surface area contributed by atoms with Gasteiger partial charge in [0.05, 0.1) is 6.54 Å². The van der Waals surface area contributed by atoms with Gasteiger partial charge in [-0.3, -0.25) is 0 Å². The molecule has 148 valence electrons. The fourth-order valence-electron chi connectivity index (χ4n) is 3.63. The zero-order chi connectivity index (χ0) is 18.8. The van der Waals surface area contributed by atoms with Crippen LogP contribution in [0.1, 0.15) is 25.1 Å². The zero-order valence-electron chi connectivity index (χ0n) is 15.1. The molecule has 2 aromatic carbocycles. The molecule has 3 nitrogen and oxygen atoms in total. The molecule has 0 saturated carbocycles. The molecule has 0 saturated heterocycles. The molecule has 0 fully saturated rings. The fraction of sp³-hybridized carbons (Fsp3) is 0.286. The Hall–Kier alpha value is -1.73. The third kappa shape index (κ3) is 4.46. The third-order valence-electron chi connectivity index (χ3n) is 4.87. The third-order valence-corrected chi connectivity index (χ3v) is 5.40. The number of rotatable bonds is 4. The lowest BCUT2D eigenvalue weighted by Gasteiger charge is -2.07. The van der Waals surface area contributed by atoms with Gasteiger partial charge in [-0.2, -0.15) is 13.3 Å². The molecule has 1 aromatic heterocycles. The summed E-state index contributed by atoms with van der Waals surface area (Å²) in [5, 5.41) is 0. The van der Waals surface area contributed by atoms with Gasteiger partial charge >= 0.3 is 6.61 Å². The first-order valence-electron chi connectivity index (χ1n) is 9.07. The van der Waals surface area contributed by atoms with Crippen molar-refractivity contribution in [2.75, 3.05) is 0 Å². The summed E-state index contributed by atoms with van der Waals surface area (Å²) >= 11 is 3.50. The summed E-state index contributed by atoms with van der Waals surface area (Å²) in [7, 11) is 0. The average molecular weight is 514 g/mol. The van der Waals surface area contributed by atoms with Gasteiger partial charge in [0.25, 0.3) is 5.82 Å². The van der Waals surface area contributed by atoms with Crippen molar-refractivity contribution in [1.82, 2.24) is 4.57 Å². The summed E-state index contributed by atoms with van der Waals surface area (Å²) in [5.41, 5.74) is 3.12. The number of aryl methyl sites for hydroxylation is 1. The molecule has 28 heavy (non-hydrogen) atoms. The summed E-state index contributed by atoms with van der Waals surface area (Å²) in [5.74, 6) is 1.45. The second-order valence-corrected chi connectivity index (χ2v) is 7.57. The molecular weight excluding hydrogens is 494 g/mol. The van der Waals surface area contributed by atoms with Crippen LogP contribution in [0.2, 0.25) is 0 Å². The van der Waals surface area contributed by atoms with Gasteiger partial charge in [0.15, 0.2) is 5.69 Å². The van der Waals surface area contributed by atoms with Gasteiger partial charge in [-0.15, -0.1) is 0 Å². The van der Waals surface area contributed by atoms with Crippen molar-refractivity contribution >= 4 is 15.9 Å². The normalized spacial score (nSPS) is 13.6. The molecular formula is C21H20Br2F2N2O. The van der Waals surface area contributed by atoms with Crippen molar-refractivity contribution in [2.45, 2.75) is 38.8 Å². The van der Waals surface area contributed by atoms with E-state index in [1.165, 1.54) is 25.1 Å². The highest BCUT2D eigenvalue weighted by molar-refractivity contribution is 9.10. The van der Waals surface area contributed by atoms with Crippen molar-refractivity contribution in [3.05, 3.63) is 65.0 Å². The molecule has 2 heterocycles. The molecule has 7 heteroatoms. The monoisotopic (exact) mass is 512 g/mol. The van der Waals surface area contributed by atoms with E-state index in [4.69, 9.17) is 0 Å². The van der Waals surface area contributed by atoms with E-state index in [-0.39, 0.29) is 22.7 Å². The van der Waals surface area contributed by atoms with Crippen LogP contribution in [0, 0.1) is 0 Å². The zero-order valence-corrected chi connectivity index (χ0v) is 18.3. The Morgan fingerprint density at radius 2 is 1.68 bits per heavy atom. The fourth-order valence-corrected chi connectivity index (χ4v) is 3.89. The van der Waals surface area contributed by atoms with Crippen molar-refractivity contribution in [3.63, 3.8) is 0 Å². The van der Waals surface area contributed by atoms with E-state index < -0.39 is 6.61 Å². The van der Waals surface area contributed by atoms with Crippen LogP contribution in [0.3, 0.4) is 0 Å². The molecule has 0 unspecified atom stereocenters. The molecule has 0 spiro atoms. The minimum atomic E-state index is -2.81. The van der Waals surface area contributed by atoms with Gasteiger partial charge in [0.2, 0.25) is 0 Å². The Bertz CT molecular complexity index is 925. The van der Waals surface area contributed by atoms with Gasteiger partial charge in [-0.05, 0) is 67.8 Å². The number of nitrogens with zero attached hydrogens (tertiary/aromatic N) is 2. The topological polar surface area (TPSA) is 18.0 Å². The van der Waals surface area contributed by atoms with Gasteiger partial charge in [-0.25, -0.2) is 4.57 Å². The predicted molar refractivity (Wildman–Crippen MR) is 103 cm³/mol. The van der Waals surface area contributed by atoms with Gasteiger partial charge in [0.1, 0.15) is 17.6 Å². The molecule has 0 N–H and O–H groups in total. The quantitative estimate of drug-likeness (QED) is 0.490. The van der Waals surface area contributed by atoms with Crippen LogP contribution in [0.4, 0.5) is 8.78 Å². The first kappa shape index (κ1) is 21.0. The summed E-state index contributed by atoms with van der Waals surface area (Å²) in [4.78, 5) is 0. The summed E-state index contributed by atoms with van der Waals surface area (Å²) in [6.07, 6.45) is 6.76. The van der Waals surface area contributed by atoms with E-state index in [0.717, 1.165) is 34.4 Å². The van der Waals surface area contributed by atoms with Gasteiger partial charge in [0, 0.05) is 16.5 Å². The smallest absolute Gasteiger partial charge is 0.387 e. The molecule has 0 bridgehead atoms. The largest absolute Gasteiger partial charge is 1.00 e. The van der Waals surface area contributed by atoms with E-state index in [0.29, 0.717) is 0 Å². The Balaban J connectivity index is 0.00000225. The Kier molecular flexibility index (Phi) is 6.88. The Labute approximate surface area is 181 Å². The van der Waals surface area contributed by atoms with Crippen molar-refractivity contribution < 1.29 is 35.1 Å². The van der Waals surface area contributed by atoms with E-state index in [9.17, 15) is 8.78 Å². The van der Waals surface area contributed by atoms with Crippen molar-refractivity contribution in [3.8, 4) is 22.7 Å². The number of fused-ring (bicyclic) bond motifs is 1. The Morgan fingerprint density at radius 1 is 0.964 bits per heavy atom. The molecule has 0 aliphatic carbocycles. The number of aromatic nitrogens is 2. The van der Waals surface area contributed by atoms with Crippen LogP contribution in [0.15, 0.2) is 59.2 Å². The molecule has 3 aromatic rings. The molecule has 1 aliphatic rings. The lowest BCUT2D eigenvalue weighted by atomic mass is 10.1. The number of hydrogen-bond donors (Lipinski definition) is 0. The number of benzene rings is 2. The van der Waals surface area contributed by atoms with Crippen LogP contribution in [0.25, 0.3) is 16.9 Å². The second-order valence-electron chi connectivity index (χ2n) is 6.65. The van der Waals surface area contributed by atoms with Crippen molar-refractivity contribution in [2.24, 2.45) is 0 Å². The van der Waals surface area contributed by atoms with Crippen LogP contribution < -0.4 is 26.3 Å². The van der Waals surface area contributed by atoms with Crippen molar-refractivity contribution in [1.29, 1.82) is 0 Å². The number of hydrogen-bond acceptors (Lipinski definition) is 1. The number of halogens is 4. The number of ether oxygens (including phenoxy) is 1. The first-order valence-corrected chi connectivity index (χ1v) is 9.86. The maximum absolute atomic E-state index is 12.4. The lowest BCUT2D eigenvalue weighted by molar-refractivity contribution is -0.702. The highest BCUT2D eigenvalue weighted by atomic mass is 79.9. The maximum atomic E-state index is 12.4. The average Bonchev–Trinajstić information content (AvgIpc) is 2.85. The highest BCUT2D eigenvalue weighted by Crippen LogP contribution is 2.29. The number of alkyl halides is 2. The molecule has 0 radical (unpaired) electrons. The molecule has 1 aliphatic heterocycles. The molecule has 4 rings (SSSR count). The van der Waals surface area contributed by atoms with E-state index in [1.807, 2.05) is 24.3 Å². The molecule has 0 amide bonds. The molecule has 0 atom stereocenters. The van der Waals surface area contributed by atoms with E-state index >= 15 is 0 Å². The van der Waals surface area contributed by atoms with Gasteiger partial charge < -0.3 is 21.7 Å². The summed E-state index contributed by atoms with van der Waals surface area (Å²) in [6.45, 7) is -1.81. The second kappa shape index (κ2) is 9.18. The SMILES string of the molecule is FC(F)Oc1ccc(-c2c[n+]3c(n2-c2ccc(Br)cc2)CCCCC3)cc1.[Br-]. The summed E-state index contributed by atoms with van der Waals surface area (Å²) in [6, 6.07) is 15.1. The minimum Gasteiger partial charge on any atom is -1.00 e.